The van der Waals surface area contributed by atoms with Crippen LogP contribution in [0.4, 0.5) is 0 Å². The van der Waals surface area contributed by atoms with Crippen LogP contribution in [0.2, 0.25) is 0 Å². The molecule has 0 spiro atoms. The Morgan fingerprint density at radius 2 is 2.25 bits per heavy atom. The van der Waals surface area contributed by atoms with Gasteiger partial charge < -0.3 is 10.1 Å². The first-order chi connectivity index (χ1) is 10.1. The highest BCUT2D eigenvalue weighted by molar-refractivity contribution is 5.87. The highest BCUT2D eigenvalue weighted by atomic mass is 16.5. The Morgan fingerprint density at radius 3 is 3.00 bits per heavy atom. The van der Waals surface area contributed by atoms with Crippen LogP contribution in [0.3, 0.4) is 0 Å². The van der Waals surface area contributed by atoms with Gasteiger partial charge in [0.1, 0.15) is 5.75 Å². The minimum Gasteiger partial charge on any atom is -0.490 e. The molecule has 1 N–H and O–H groups in total. The Balaban J connectivity index is 1.89. The summed E-state index contributed by atoms with van der Waals surface area (Å²) in [6.07, 6.45) is 3.37. The second kappa shape index (κ2) is 5.53. The first-order valence-electron chi connectivity index (χ1n) is 7.56. The van der Waals surface area contributed by atoms with Crippen molar-refractivity contribution >= 4 is 16.7 Å². The van der Waals surface area contributed by atoms with Gasteiger partial charge in [0, 0.05) is 13.5 Å². The van der Waals surface area contributed by atoms with Crippen molar-refractivity contribution in [2.45, 2.75) is 32.3 Å². The molecular formula is C17H19NO2. The lowest BCUT2D eigenvalue weighted by Crippen LogP contribution is -2.22. The maximum atomic E-state index is 11.0. The predicted octanol–water partition coefficient (Wildman–Crippen LogP) is 3.06. The van der Waals surface area contributed by atoms with Crippen molar-refractivity contribution in [3.63, 3.8) is 0 Å². The molecule has 3 rings (SSSR count). The SMILES string of the molecule is [2H]c1cc(CCNC(C)=O)c2cc(OC3CC3)ccc2c1. The van der Waals surface area contributed by atoms with Gasteiger partial charge in [-0.3, -0.25) is 4.79 Å². The van der Waals surface area contributed by atoms with E-state index < -0.39 is 0 Å². The Kier molecular flexibility index (Phi) is 3.26. The third-order valence-corrected chi connectivity index (χ3v) is 3.46. The molecular weight excluding hydrogens is 250 g/mol. The van der Waals surface area contributed by atoms with E-state index >= 15 is 0 Å². The first-order valence-corrected chi connectivity index (χ1v) is 7.06. The largest absolute Gasteiger partial charge is 0.490 e. The van der Waals surface area contributed by atoms with Crippen molar-refractivity contribution in [2.75, 3.05) is 6.54 Å². The summed E-state index contributed by atoms with van der Waals surface area (Å²) in [6, 6.07) is 10.3. The van der Waals surface area contributed by atoms with Gasteiger partial charge in [0.15, 0.2) is 0 Å². The molecule has 0 aromatic heterocycles. The van der Waals surface area contributed by atoms with Gasteiger partial charge in [0.05, 0.1) is 7.47 Å². The molecule has 20 heavy (non-hydrogen) atoms. The number of fused-ring (bicyclic) bond motifs is 1. The summed E-state index contributed by atoms with van der Waals surface area (Å²) in [4.78, 5) is 11.0. The molecule has 1 aliphatic rings. The van der Waals surface area contributed by atoms with Crippen molar-refractivity contribution in [3.8, 4) is 5.75 Å². The second-order valence-electron chi connectivity index (χ2n) is 5.28. The van der Waals surface area contributed by atoms with Gasteiger partial charge in [-0.1, -0.05) is 24.2 Å². The Labute approximate surface area is 120 Å². The van der Waals surface area contributed by atoms with E-state index in [0.29, 0.717) is 18.7 Å². The summed E-state index contributed by atoms with van der Waals surface area (Å²) >= 11 is 0. The summed E-state index contributed by atoms with van der Waals surface area (Å²) in [7, 11) is 0. The second-order valence-corrected chi connectivity index (χ2v) is 5.28. The van der Waals surface area contributed by atoms with Gasteiger partial charge in [-0.25, -0.2) is 0 Å². The zero-order valence-corrected chi connectivity index (χ0v) is 11.6. The lowest BCUT2D eigenvalue weighted by molar-refractivity contribution is -0.118. The fourth-order valence-electron chi connectivity index (χ4n) is 2.28. The number of carbonyl (C=O) groups excluding carboxylic acids is 1. The van der Waals surface area contributed by atoms with Crippen LogP contribution in [-0.2, 0) is 11.2 Å². The molecule has 0 saturated heterocycles. The van der Waals surface area contributed by atoms with Crippen LogP contribution in [0.5, 0.6) is 5.75 Å². The number of benzene rings is 2. The van der Waals surface area contributed by atoms with E-state index in [4.69, 9.17) is 6.11 Å². The van der Waals surface area contributed by atoms with Crippen LogP contribution in [0.25, 0.3) is 10.8 Å². The number of amides is 1. The first kappa shape index (κ1) is 11.8. The zero-order valence-electron chi connectivity index (χ0n) is 12.6. The van der Waals surface area contributed by atoms with Crippen LogP contribution in [0, 0.1) is 0 Å². The number of nitrogens with one attached hydrogen (secondary N) is 1. The third kappa shape index (κ3) is 3.10. The van der Waals surface area contributed by atoms with Crippen LogP contribution in [-0.4, -0.2) is 18.6 Å². The Hall–Kier alpha value is -2.03. The van der Waals surface area contributed by atoms with Gasteiger partial charge in [-0.15, -0.1) is 0 Å². The van der Waals surface area contributed by atoms with E-state index in [2.05, 4.69) is 11.4 Å². The van der Waals surface area contributed by atoms with Crippen molar-refractivity contribution in [1.82, 2.24) is 5.32 Å². The Bertz CT molecular complexity index is 680. The highest BCUT2D eigenvalue weighted by Crippen LogP contribution is 2.30. The summed E-state index contributed by atoms with van der Waals surface area (Å²) in [5.74, 6) is 0.864. The van der Waals surface area contributed by atoms with Gasteiger partial charge in [-0.2, -0.15) is 0 Å². The maximum absolute atomic E-state index is 11.0. The summed E-state index contributed by atoms with van der Waals surface area (Å²) in [5.41, 5.74) is 1.08. The van der Waals surface area contributed by atoms with Crippen LogP contribution in [0.15, 0.2) is 36.4 Å². The topological polar surface area (TPSA) is 38.3 Å². The molecule has 0 unspecified atom stereocenters. The highest BCUT2D eigenvalue weighted by Gasteiger charge is 2.23. The van der Waals surface area contributed by atoms with Crippen LogP contribution >= 0.6 is 0 Å². The fourth-order valence-corrected chi connectivity index (χ4v) is 2.28. The quantitative estimate of drug-likeness (QED) is 0.906. The van der Waals surface area contributed by atoms with Gasteiger partial charge in [-0.05, 0) is 47.7 Å². The van der Waals surface area contributed by atoms with Crippen molar-refractivity contribution < 1.29 is 10.9 Å². The molecule has 0 aliphatic heterocycles. The standard InChI is InChI=1S/C17H19NO2/c1-12(19)18-10-9-14-4-2-3-13-5-6-16(11-17(13)14)20-15-7-8-15/h2-6,11,15H,7-10H2,1H3,(H,18,19)/i2D. The molecule has 0 heterocycles. The molecule has 2 aromatic carbocycles. The van der Waals surface area contributed by atoms with Crippen LogP contribution < -0.4 is 10.1 Å². The van der Waals surface area contributed by atoms with Crippen molar-refractivity contribution in [3.05, 3.63) is 41.9 Å². The van der Waals surface area contributed by atoms with E-state index in [-0.39, 0.29) is 5.91 Å². The summed E-state index contributed by atoms with van der Waals surface area (Å²) < 4.78 is 13.7. The van der Waals surface area contributed by atoms with E-state index in [1.807, 2.05) is 24.3 Å². The maximum Gasteiger partial charge on any atom is 0.216 e. The molecule has 1 amide bonds. The Morgan fingerprint density at radius 1 is 1.40 bits per heavy atom. The number of rotatable bonds is 5. The third-order valence-electron chi connectivity index (χ3n) is 3.46. The van der Waals surface area contributed by atoms with Crippen molar-refractivity contribution in [1.29, 1.82) is 0 Å². The molecule has 1 fully saturated rings. The van der Waals surface area contributed by atoms with Gasteiger partial charge in [0.25, 0.3) is 0 Å². The molecule has 2 aromatic rings. The predicted molar refractivity (Wildman–Crippen MR) is 80.0 cm³/mol. The van der Waals surface area contributed by atoms with E-state index in [1.54, 1.807) is 0 Å². The summed E-state index contributed by atoms with van der Waals surface area (Å²) in [5, 5.41) is 4.95. The minimum atomic E-state index is -0.0286. The van der Waals surface area contributed by atoms with E-state index in [9.17, 15) is 4.79 Å². The number of hydrogen-bond acceptors (Lipinski definition) is 2. The molecule has 0 radical (unpaired) electrons. The molecule has 1 saturated carbocycles. The molecule has 3 heteroatoms. The average Bonchev–Trinajstić information content (AvgIpc) is 3.23. The summed E-state index contributed by atoms with van der Waals surface area (Å²) in [6.45, 7) is 2.10. The van der Waals surface area contributed by atoms with E-state index in [0.717, 1.165) is 41.3 Å². The minimum absolute atomic E-state index is 0.0286. The lowest BCUT2D eigenvalue weighted by atomic mass is 10.0. The monoisotopic (exact) mass is 270 g/mol. The molecule has 3 nitrogen and oxygen atoms in total. The van der Waals surface area contributed by atoms with E-state index in [1.165, 1.54) is 6.92 Å². The zero-order chi connectivity index (χ0) is 14.8. The van der Waals surface area contributed by atoms with Crippen LogP contribution in [0.1, 0.15) is 26.7 Å². The number of ether oxygens (including phenoxy) is 1. The molecule has 1 aliphatic carbocycles. The molecule has 0 bridgehead atoms. The molecule has 0 atom stereocenters. The number of hydrogen-bond donors (Lipinski definition) is 1. The van der Waals surface area contributed by atoms with Crippen molar-refractivity contribution in [2.24, 2.45) is 0 Å². The number of carbonyl (C=O) groups is 1. The fraction of sp³-hybridized carbons (Fsp3) is 0.353. The smallest absolute Gasteiger partial charge is 0.216 e. The van der Waals surface area contributed by atoms with Gasteiger partial charge >= 0.3 is 0 Å². The van der Waals surface area contributed by atoms with Gasteiger partial charge in [0.2, 0.25) is 5.91 Å². The molecule has 104 valence electrons. The average molecular weight is 270 g/mol. The normalized spacial score (nSPS) is 14.9. The lowest BCUT2D eigenvalue weighted by Gasteiger charge is -2.10.